The number of carbonyl (C=O) groups excluding carboxylic acids is 4. The zero-order valence-corrected chi connectivity index (χ0v) is 27.9. The average Bonchev–Trinajstić information content (AvgIpc) is 3.09. The Labute approximate surface area is 279 Å². The summed E-state index contributed by atoms with van der Waals surface area (Å²) in [6.45, 7) is 10.1. The van der Waals surface area contributed by atoms with Gasteiger partial charge in [0, 0.05) is 18.8 Å². The monoisotopic (exact) mass is 642 g/mol. The van der Waals surface area contributed by atoms with E-state index >= 15 is 0 Å². The molecule has 0 bridgehead atoms. The second-order valence-corrected chi connectivity index (χ2v) is 13.1. The molecule has 2 aliphatic rings. The molecule has 47 heavy (non-hydrogen) atoms. The van der Waals surface area contributed by atoms with Gasteiger partial charge in [-0.2, -0.15) is 0 Å². The van der Waals surface area contributed by atoms with E-state index in [-0.39, 0.29) is 35.8 Å². The van der Waals surface area contributed by atoms with Crippen molar-refractivity contribution in [2.75, 3.05) is 0 Å². The summed E-state index contributed by atoms with van der Waals surface area (Å²) in [4.78, 5) is 47.9. The number of ketones is 2. The highest BCUT2D eigenvalue weighted by molar-refractivity contribution is 5.99. The minimum atomic E-state index is -0.482. The molecular weight excluding hydrogens is 592 g/mol. The van der Waals surface area contributed by atoms with E-state index in [1.165, 1.54) is 11.6 Å². The van der Waals surface area contributed by atoms with Crippen molar-refractivity contribution in [2.45, 2.75) is 109 Å². The van der Waals surface area contributed by atoms with Gasteiger partial charge < -0.3 is 14.2 Å². The molecule has 2 aliphatic carbocycles. The molecular formula is C40H50O7. The van der Waals surface area contributed by atoms with Gasteiger partial charge in [0.15, 0.2) is 11.6 Å². The molecule has 4 rings (SSSR count). The lowest BCUT2D eigenvalue weighted by molar-refractivity contribution is -0.137. The molecule has 2 saturated carbocycles. The van der Waals surface area contributed by atoms with Gasteiger partial charge in [-0.1, -0.05) is 57.9 Å². The maximum Gasteiger partial charge on any atom is 0.343 e. The number of unbranched alkanes of at least 4 members (excludes halogenated alkanes) is 5. The van der Waals surface area contributed by atoms with Crippen molar-refractivity contribution in [1.29, 1.82) is 0 Å². The minimum Gasteiger partial charge on any atom is -0.465 e. The molecule has 0 amide bonds. The normalized spacial score (nSPS) is 20.4. The van der Waals surface area contributed by atoms with Crippen molar-refractivity contribution in [1.82, 2.24) is 0 Å². The van der Waals surface area contributed by atoms with Gasteiger partial charge >= 0.3 is 5.97 Å². The van der Waals surface area contributed by atoms with Crippen LogP contribution in [0.15, 0.2) is 67.5 Å². The third kappa shape index (κ3) is 10.8. The van der Waals surface area contributed by atoms with Gasteiger partial charge in [-0.05, 0) is 112 Å². The fraction of sp³-hybridized carbons (Fsp3) is 0.500. The van der Waals surface area contributed by atoms with Gasteiger partial charge in [0.2, 0.25) is 0 Å². The lowest BCUT2D eigenvalue weighted by atomic mass is 9.66. The largest absolute Gasteiger partial charge is 0.465 e. The van der Waals surface area contributed by atoms with Crippen molar-refractivity contribution in [3.63, 3.8) is 0 Å². The summed E-state index contributed by atoms with van der Waals surface area (Å²) in [7, 11) is 0. The first-order valence-electron chi connectivity index (χ1n) is 17.4. The molecule has 2 aromatic rings. The number of benzene rings is 2. The van der Waals surface area contributed by atoms with E-state index in [0.29, 0.717) is 47.4 Å². The summed E-state index contributed by atoms with van der Waals surface area (Å²) in [6, 6.07) is 12.4. The second-order valence-electron chi connectivity index (χ2n) is 13.1. The van der Waals surface area contributed by atoms with Gasteiger partial charge in [0.25, 0.3) is 6.47 Å². The first-order chi connectivity index (χ1) is 22.8. The Kier molecular flexibility index (Phi) is 14.0. The standard InChI is InChI=1S/C40H50O7/c1-4-34(42)13-11-9-7-6-8-10-12-29-14-16-30(17-15-29)40(44)47-36-22-23-39(37(26-36)38(43)5-2)46-28(3)31-18-19-33-25-35(45-27-41)21-20-32(33)24-31/h4,14-17,22-23,26-27,31-33,35H,1,3,5-13,18-21,24-25H2,2H3. The number of carbonyl (C=O) groups is 4. The van der Waals surface area contributed by atoms with Crippen LogP contribution in [0.4, 0.5) is 0 Å². The van der Waals surface area contributed by atoms with Crippen LogP contribution in [0.2, 0.25) is 0 Å². The van der Waals surface area contributed by atoms with Crippen molar-refractivity contribution in [3.8, 4) is 11.5 Å². The molecule has 0 heterocycles. The Morgan fingerprint density at radius 2 is 1.55 bits per heavy atom. The van der Waals surface area contributed by atoms with Crippen LogP contribution in [-0.4, -0.2) is 30.1 Å². The van der Waals surface area contributed by atoms with E-state index in [4.69, 9.17) is 14.2 Å². The number of fused-ring (bicyclic) bond motifs is 1. The third-order valence-electron chi connectivity index (χ3n) is 9.85. The Morgan fingerprint density at radius 3 is 2.28 bits per heavy atom. The van der Waals surface area contributed by atoms with E-state index in [9.17, 15) is 19.2 Å². The summed E-state index contributed by atoms with van der Waals surface area (Å²) in [5, 5.41) is 0. The summed E-state index contributed by atoms with van der Waals surface area (Å²) in [5.74, 6) is 2.20. The minimum absolute atomic E-state index is 0.0312. The molecule has 7 nitrogen and oxygen atoms in total. The van der Waals surface area contributed by atoms with Gasteiger partial charge in [0.1, 0.15) is 23.4 Å². The quantitative estimate of drug-likeness (QED) is 0.0287. The van der Waals surface area contributed by atoms with Crippen LogP contribution in [0, 0.1) is 17.8 Å². The van der Waals surface area contributed by atoms with Crippen LogP contribution in [0.1, 0.15) is 123 Å². The molecule has 0 aromatic heterocycles. The molecule has 0 aliphatic heterocycles. The van der Waals surface area contributed by atoms with E-state index in [2.05, 4.69) is 13.2 Å². The number of rotatable bonds is 19. The molecule has 4 unspecified atom stereocenters. The van der Waals surface area contributed by atoms with Gasteiger partial charge in [-0.15, -0.1) is 0 Å². The van der Waals surface area contributed by atoms with E-state index < -0.39 is 5.97 Å². The summed E-state index contributed by atoms with van der Waals surface area (Å²) in [6.07, 6.45) is 15.5. The number of hydrogen-bond donors (Lipinski definition) is 0. The number of esters is 1. The third-order valence-corrected chi connectivity index (χ3v) is 9.85. The fourth-order valence-electron chi connectivity index (χ4n) is 7.05. The average molecular weight is 643 g/mol. The molecule has 0 saturated heterocycles. The molecule has 0 spiro atoms. The van der Waals surface area contributed by atoms with E-state index in [1.807, 2.05) is 12.1 Å². The molecule has 2 fully saturated rings. The number of Topliss-reactive ketones (excluding diaryl/α,β-unsaturated/α-hetero) is 1. The zero-order chi connectivity index (χ0) is 33.6. The van der Waals surface area contributed by atoms with Gasteiger partial charge in [0.05, 0.1) is 11.1 Å². The second kappa shape index (κ2) is 18.4. The van der Waals surface area contributed by atoms with Crippen molar-refractivity contribution in [2.24, 2.45) is 17.8 Å². The molecule has 252 valence electrons. The Bertz CT molecular complexity index is 1390. The lowest BCUT2D eigenvalue weighted by Gasteiger charge is -2.41. The number of aryl methyl sites for hydroxylation is 1. The summed E-state index contributed by atoms with van der Waals surface area (Å²) in [5.41, 5.74) is 1.99. The molecule has 0 radical (unpaired) electrons. The predicted octanol–water partition coefficient (Wildman–Crippen LogP) is 9.18. The maximum atomic E-state index is 13.0. The highest BCUT2D eigenvalue weighted by atomic mass is 16.5. The van der Waals surface area contributed by atoms with E-state index in [0.717, 1.165) is 83.5 Å². The van der Waals surface area contributed by atoms with Crippen LogP contribution < -0.4 is 9.47 Å². The smallest absolute Gasteiger partial charge is 0.343 e. The Hall–Kier alpha value is -4.00. The molecule has 7 heteroatoms. The van der Waals surface area contributed by atoms with Crippen LogP contribution >= 0.6 is 0 Å². The lowest BCUT2D eigenvalue weighted by Crippen LogP contribution is -2.34. The van der Waals surface area contributed by atoms with Gasteiger partial charge in [-0.25, -0.2) is 4.79 Å². The number of allylic oxidation sites excluding steroid dienone is 2. The first-order valence-corrected chi connectivity index (χ1v) is 17.4. The SMILES string of the molecule is C=CC(=O)CCCCCCCCc1ccc(C(=O)Oc2ccc(OC(=C)C3CCC4CC(OC=O)CCC4C3)c(C(=O)CC)c2)cc1. The number of ether oxygens (including phenoxy) is 3. The first kappa shape index (κ1) is 35.8. The van der Waals surface area contributed by atoms with Crippen LogP contribution in [0.3, 0.4) is 0 Å². The maximum absolute atomic E-state index is 13.0. The number of hydrogen-bond acceptors (Lipinski definition) is 7. The highest BCUT2D eigenvalue weighted by Gasteiger charge is 2.37. The van der Waals surface area contributed by atoms with Crippen LogP contribution in [0.25, 0.3) is 0 Å². The summed E-state index contributed by atoms with van der Waals surface area (Å²) < 4.78 is 17.2. The van der Waals surface area contributed by atoms with Crippen molar-refractivity contribution < 1.29 is 33.4 Å². The van der Waals surface area contributed by atoms with Crippen LogP contribution in [0.5, 0.6) is 11.5 Å². The van der Waals surface area contributed by atoms with Crippen LogP contribution in [-0.2, 0) is 20.7 Å². The molecule has 2 aromatic carbocycles. The van der Waals surface area contributed by atoms with Crippen molar-refractivity contribution in [3.05, 3.63) is 84.1 Å². The van der Waals surface area contributed by atoms with Gasteiger partial charge in [-0.3, -0.25) is 14.4 Å². The Morgan fingerprint density at radius 1 is 0.851 bits per heavy atom. The zero-order valence-electron chi connectivity index (χ0n) is 27.9. The Balaban J connectivity index is 1.26. The summed E-state index contributed by atoms with van der Waals surface area (Å²) >= 11 is 0. The predicted molar refractivity (Wildman–Crippen MR) is 183 cm³/mol. The molecule has 0 N–H and O–H groups in total. The van der Waals surface area contributed by atoms with E-state index in [1.54, 1.807) is 37.3 Å². The molecule has 4 atom stereocenters. The fourth-order valence-corrected chi connectivity index (χ4v) is 7.05. The highest BCUT2D eigenvalue weighted by Crippen LogP contribution is 2.45. The van der Waals surface area contributed by atoms with Crippen molar-refractivity contribution >= 4 is 24.0 Å². The topological polar surface area (TPSA) is 96.0 Å².